The molecule has 0 N–H and O–H groups in total. The van der Waals surface area contributed by atoms with Crippen molar-refractivity contribution >= 4 is 28.8 Å². The van der Waals surface area contributed by atoms with E-state index in [4.69, 9.17) is 9.15 Å². The minimum absolute atomic E-state index is 0.138. The second-order valence-corrected chi connectivity index (χ2v) is 7.52. The Hall–Kier alpha value is -5.38. The number of ether oxygens (including phenoxy) is 1. The predicted octanol–water partition coefficient (Wildman–Crippen LogP) is 4.67. The van der Waals surface area contributed by atoms with Crippen LogP contribution in [-0.4, -0.2) is 26.8 Å². The van der Waals surface area contributed by atoms with Crippen LogP contribution in [-0.2, 0) is 0 Å². The summed E-state index contributed by atoms with van der Waals surface area (Å²) in [5.74, 6) is 0.0469. The Labute approximate surface area is 202 Å². The van der Waals surface area contributed by atoms with Crippen molar-refractivity contribution in [3.63, 3.8) is 0 Å². The lowest BCUT2D eigenvalue weighted by molar-refractivity contribution is -0.384. The zero-order valence-electron chi connectivity index (χ0n) is 18.5. The normalized spacial score (nSPS) is 11.1. The molecule has 176 valence electrons. The van der Waals surface area contributed by atoms with Gasteiger partial charge >= 0.3 is 5.97 Å². The molecule has 0 fully saturated rings. The van der Waals surface area contributed by atoms with E-state index < -0.39 is 16.5 Å². The Morgan fingerprint density at radius 2 is 1.75 bits per heavy atom. The van der Waals surface area contributed by atoms with Gasteiger partial charge < -0.3 is 9.15 Å². The first-order valence-corrected chi connectivity index (χ1v) is 10.7. The molecule has 2 heterocycles. The molecule has 10 nitrogen and oxygen atoms in total. The number of rotatable bonds is 6. The van der Waals surface area contributed by atoms with Crippen molar-refractivity contribution in [3.8, 4) is 17.3 Å². The van der Waals surface area contributed by atoms with Crippen LogP contribution in [0.1, 0.15) is 15.9 Å². The van der Waals surface area contributed by atoms with Gasteiger partial charge in [-0.3, -0.25) is 14.9 Å². The van der Waals surface area contributed by atoms with Gasteiger partial charge in [-0.25, -0.2) is 9.78 Å². The number of nitro groups is 1. The molecular weight excluding hydrogens is 464 g/mol. The van der Waals surface area contributed by atoms with Gasteiger partial charge in [0.2, 0.25) is 5.82 Å². The third kappa shape index (κ3) is 4.38. The van der Waals surface area contributed by atoms with Crippen molar-refractivity contribution in [2.45, 2.75) is 0 Å². The first-order chi connectivity index (χ1) is 17.5. The van der Waals surface area contributed by atoms with Crippen molar-refractivity contribution < 1.29 is 18.9 Å². The Morgan fingerprint density at radius 3 is 2.50 bits per heavy atom. The highest BCUT2D eigenvalue weighted by Crippen LogP contribution is 2.21. The summed E-state index contributed by atoms with van der Waals surface area (Å²) in [4.78, 5) is 40.7. The van der Waals surface area contributed by atoms with E-state index in [-0.39, 0.29) is 22.8 Å². The number of non-ortho nitro benzene ring substituents is 1. The fourth-order valence-corrected chi connectivity index (χ4v) is 3.47. The summed E-state index contributed by atoms with van der Waals surface area (Å²) in [6.07, 6.45) is 2.85. The van der Waals surface area contributed by atoms with E-state index in [1.165, 1.54) is 36.7 Å². The maximum atomic E-state index is 13.2. The number of fused-ring (bicyclic) bond motifs is 1. The van der Waals surface area contributed by atoms with Gasteiger partial charge in [-0.2, -0.15) is 9.78 Å². The number of benzene rings is 3. The number of carbonyl (C=O) groups excluding carboxylic acids is 1. The molecule has 36 heavy (non-hydrogen) atoms. The molecule has 0 radical (unpaired) electrons. The minimum Gasteiger partial charge on any atom is -0.461 e. The van der Waals surface area contributed by atoms with Gasteiger partial charge in [-0.1, -0.05) is 24.3 Å². The number of hydrogen-bond acceptors (Lipinski definition) is 8. The Morgan fingerprint density at radius 1 is 1.00 bits per heavy atom. The largest absolute Gasteiger partial charge is 0.461 e. The number of nitro benzene ring substituents is 1. The Bertz CT molecular complexity index is 1670. The van der Waals surface area contributed by atoms with Gasteiger partial charge in [-0.05, 0) is 48.5 Å². The van der Waals surface area contributed by atoms with E-state index >= 15 is 0 Å². The van der Waals surface area contributed by atoms with Crippen LogP contribution in [0.25, 0.3) is 22.5 Å². The smallest absolute Gasteiger partial charge is 0.343 e. The van der Waals surface area contributed by atoms with Crippen LogP contribution in [0.3, 0.4) is 0 Å². The van der Waals surface area contributed by atoms with Crippen LogP contribution in [0.5, 0.6) is 5.75 Å². The molecule has 0 saturated heterocycles. The fourth-order valence-electron chi connectivity index (χ4n) is 3.47. The van der Waals surface area contributed by atoms with Crippen LogP contribution in [0.15, 0.2) is 106 Å². The standard InChI is InChI=1S/C26H16N4O6/c31-25-20-7-2-3-8-21(20)28-24(23-10-5-15-35-23)29(25)27-16-18-6-1-4-9-22(18)36-26(32)17-11-13-19(14-12-17)30(33)34/h1-16H. The van der Waals surface area contributed by atoms with Crippen molar-refractivity contribution in [1.82, 2.24) is 9.66 Å². The second-order valence-electron chi connectivity index (χ2n) is 7.52. The van der Waals surface area contributed by atoms with E-state index in [9.17, 15) is 19.7 Å². The summed E-state index contributed by atoms with van der Waals surface area (Å²) in [5, 5.41) is 15.6. The van der Waals surface area contributed by atoms with Gasteiger partial charge in [0.25, 0.3) is 11.2 Å². The van der Waals surface area contributed by atoms with Gasteiger partial charge in [0.05, 0.1) is 33.9 Å². The van der Waals surface area contributed by atoms with Gasteiger partial charge in [0.1, 0.15) is 5.75 Å². The van der Waals surface area contributed by atoms with Crippen molar-refractivity contribution in [2.75, 3.05) is 0 Å². The molecule has 0 saturated carbocycles. The second kappa shape index (κ2) is 9.47. The number of furan rings is 1. The molecule has 0 aliphatic heterocycles. The molecule has 0 bridgehead atoms. The molecule has 5 aromatic rings. The van der Waals surface area contributed by atoms with E-state index in [0.29, 0.717) is 22.2 Å². The average Bonchev–Trinajstić information content (AvgIpc) is 3.44. The highest BCUT2D eigenvalue weighted by atomic mass is 16.6. The van der Waals surface area contributed by atoms with Gasteiger partial charge in [-0.15, -0.1) is 0 Å². The summed E-state index contributed by atoms with van der Waals surface area (Å²) in [5.41, 5.74) is 0.517. The molecule has 0 unspecified atom stereocenters. The number of para-hydroxylation sites is 2. The quantitative estimate of drug-likeness (QED) is 0.114. The number of esters is 1. The first kappa shape index (κ1) is 22.4. The zero-order chi connectivity index (χ0) is 25.1. The minimum atomic E-state index is -0.702. The van der Waals surface area contributed by atoms with Crippen LogP contribution in [0.4, 0.5) is 5.69 Å². The molecule has 2 aromatic heterocycles. The highest BCUT2D eigenvalue weighted by molar-refractivity contribution is 5.93. The molecule has 3 aromatic carbocycles. The number of hydrogen-bond donors (Lipinski definition) is 0. The fraction of sp³-hybridized carbons (Fsp3) is 0. The highest BCUT2D eigenvalue weighted by Gasteiger charge is 2.16. The third-order valence-corrected chi connectivity index (χ3v) is 5.24. The van der Waals surface area contributed by atoms with Crippen LogP contribution < -0.4 is 10.3 Å². The lowest BCUT2D eigenvalue weighted by atomic mass is 10.2. The monoisotopic (exact) mass is 480 g/mol. The van der Waals surface area contributed by atoms with Gasteiger partial charge in [0.15, 0.2) is 5.76 Å². The van der Waals surface area contributed by atoms with E-state index in [1.54, 1.807) is 60.7 Å². The lowest BCUT2D eigenvalue weighted by Crippen LogP contribution is -2.20. The number of aromatic nitrogens is 2. The molecular formula is C26H16N4O6. The third-order valence-electron chi connectivity index (χ3n) is 5.24. The molecule has 5 rings (SSSR count). The van der Waals surface area contributed by atoms with Crippen molar-refractivity contribution in [1.29, 1.82) is 0 Å². The molecule has 0 amide bonds. The van der Waals surface area contributed by atoms with E-state index in [0.717, 1.165) is 4.68 Å². The van der Waals surface area contributed by atoms with Crippen molar-refractivity contribution in [3.05, 3.63) is 123 Å². The summed E-state index contributed by atoms with van der Waals surface area (Å²) in [7, 11) is 0. The number of nitrogens with zero attached hydrogens (tertiary/aromatic N) is 4. The topological polar surface area (TPSA) is 130 Å². The maximum Gasteiger partial charge on any atom is 0.343 e. The molecule has 0 aliphatic carbocycles. The SMILES string of the molecule is O=C(Oc1ccccc1C=Nn1c(-c2ccco2)nc2ccccc2c1=O)c1ccc([N+](=O)[O-])cc1. The Balaban J connectivity index is 1.50. The molecule has 0 atom stereocenters. The molecule has 0 aliphatic rings. The Kier molecular flexibility index (Phi) is 5.90. The predicted molar refractivity (Wildman–Crippen MR) is 131 cm³/mol. The summed E-state index contributed by atoms with van der Waals surface area (Å²) in [6.45, 7) is 0. The maximum absolute atomic E-state index is 13.2. The van der Waals surface area contributed by atoms with E-state index in [2.05, 4.69) is 10.1 Å². The number of carbonyl (C=O) groups is 1. The van der Waals surface area contributed by atoms with Crippen molar-refractivity contribution in [2.24, 2.45) is 5.10 Å². The van der Waals surface area contributed by atoms with Crippen LogP contribution in [0.2, 0.25) is 0 Å². The van der Waals surface area contributed by atoms with Crippen LogP contribution >= 0.6 is 0 Å². The van der Waals surface area contributed by atoms with Gasteiger partial charge in [0, 0.05) is 17.7 Å². The molecule has 0 spiro atoms. The molecule has 10 heteroatoms. The lowest BCUT2D eigenvalue weighted by Gasteiger charge is -2.09. The first-order valence-electron chi connectivity index (χ1n) is 10.7. The summed E-state index contributed by atoms with van der Waals surface area (Å²) < 4.78 is 12.1. The summed E-state index contributed by atoms with van der Waals surface area (Å²) >= 11 is 0. The van der Waals surface area contributed by atoms with Crippen LogP contribution in [0, 0.1) is 10.1 Å². The van der Waals surface area contributed by atoms with E-state index in [1.807, 2.05) is 0 Å². The zero-order valence-corrected chi connectivity index (χ0v) is 18.5. The summed E-state index contributed by atoms with van der Waals surface area (Å²) in [6, 6.07) is 21.9. The average molecular weight is 480 g/mol.